The lowest BCUT2D eigenvalue weighted by atomic mass is 9.90. The fourth-order valence-electron chi connectivity index (χ4n) is 2.19. The Kier molecular flexibility index (Phi) is 3.62. The normalized spacial score (nSPS) is 17.8. The summed E-state index contributed by atoms with van der Waals surface area (Å²) in [5, 5.41) is 3.37. The standard InChI is InChI=1S/C16H22N2O/c17-16(13-3-1-4-13)10-18-14-5-2-6-15(9-14)19-11-12-7-8-12/h2,5-6,9,12,18H,1,3-4,7-8,10-11,17H2. The van der Waals surface area contributed by atoms with Crippen LogP contribution in [0.1, 0.15) is 32.1 Å². The van der Waals surface area contributed by atoms with Crippen LogP contribution in [0.4, 0.5) is 5.69 Å². The molecule has 0 heterocycles. The highest BCUT2D eigenvalue weighted by atomic mass is 16.5. The van der Waals surface area contributed by atoms with E-state index in [0.29, 0.717) is 0 Å². The van der Waals surface area contributed by atoms with Crippen molar-refractivity contribution in [3.8, 4) is 5.75 Å². The van der Waals surface area contributed by atoms with Gasteiger partial charge in [-0.3, -0.25) is 0 Å². The molecule has 1 aromatic rings. The SMILES string of the molecule is NC(CNc1cccc(OCC2CC2)c1)=C1CCC1. The summed E-state index contributed by atoms with van der Waals surface area (Å²) in [5.74, 6) is 1.74. The van der Waals surface area contributed by atoms with E-state index in [0.717, 1.165) is 36.2 Å². The van der Waals surface area contributed by atoms with Crippen molar-refractivity contribution in [1.82, 2.24) is 0 Å². The van der Waals surface area contributed by atoms with E-state index >= 15 is 0 Å². The molecule has 0 aliphatic heterocycles. The molecule has 2 aliphatic rings. The number of hydrogen-bond donors (Lipinski definition) is 2. The van der Waals surface area contributed by atoms with Crippen molar-refractivity contribution in [2.45, 2.75) is 32.1 Å². The maximum absolute atomic E-state index is 6.06. The molecule has 0 amide bonds. The van der Waals surface area contributed by atoms with Crippen LogP contribution in [0.2, 0.25) is 0 Å². The van der Waals surface area contributed by atoms with Gasteiger partial charge in [-0.05, 0) is 55.7 Å². The molecule has 0 unspecified atom stereocenters. The number of hydrogen-bond acceptors (Lipinski definition) is 3. The average molecular weight is 258 g/mol. The number of benzene rings is 1. The van der Waals surface area contributed by atoms with Gasteiger partial charge in [0.15, 0.2) is 0 Å². The fourth-order valence-corrected chi connectivity index (χ4v) is 2.19. The quantitative estimate of drug-likeness (QED) is 0.823. The van der Waals surface area contributed by atoms with Gasteiger partial charge in [-0.25, -0.2) is 0 Å². The molecule has 3 rings (SSSR count). The molecule has 0 atom stereocenters. The van der Waals surface area contributed by atoms with Crippen LogP contribution in [0.5, 0.6) is 5.75 Å². The van der Waals surface area contributed by atoms with Crippen molar-refractivity contribution in [2.75, 3.05) is 18.5 Å². The van der Waals surface area contributed by atoms with Gasteiger partial charge in [0, 0.05) is 17.5 Å². The molecule has 3 heteroatoms. The number of allylic oxidation sites excluding steroid dienone is 1. The molecule has 0 bridgehead atoms. The Morgan fingerprint density at radius 3 is 2.84 bits per heavy atom. The van der Waals surface area contributed by atoms with E-state index in [1.165, 1.54) is 37.7 Å². The molecule has 2 aliphatic carbocycles. The molecule has 19 heavy (non-hydrogen) atoms. The second-order valence-electron chi connectivity index (χ2n) is 5.62. The smallest absolute Gasteiger partial charge is 0.121 e. The van der Waals surface area contributed by atoms with Crippen LogP contribution < -0.4 is 15.8 Å². The number of anilines is 1. The zero-order valence-electron chi connectivity index (χ0n) is 11.3. The Bertz CT molecular complexity index is 471. The average Bonchev–Trinajstić information content (AvgIpc) is 3.16. The van der Waals surface area contributed by atoms with Crippen molar-refractivity contribution in [1.29, 1.82) is 0 Å². The lowest BCUT2D eigenvalue weighted by Crippen LogP contribution is -2.17. The third kappa shape index (κ3) is 3.43. The Labute approximate surface area is 114 Å². The van der Waals surface area contributed by atoms with E-state index < -0.39 is 0 Å². The van der Waals surface area contributed by atoms with E-state index in [1.807, 2.05) is 12.1 Å². The molecule has 1 aromatic carbocycles. The van der Waals surface area contributed by atoms with Gasteiger partial charge < -0.3 is 15.8 Å². The van der Waals surface area contributed by atoms with Crippen LogP contribution in [0, 0.1) is 5.92 Å². The van der Waals surface area contributed by atoms with Crippen LogP contribution in [0.25, 0.3) is 0 Å². The number of rotatable bonds is 6. The molecule has 0 radical (unpaired) electrons. The van der Waals surface area contributed by atoms with Gasteiger partial charge in [-0.15, -0.1) is 0 Å². The molecular weight excluding hydrogens is 236 g/mol. The Hall–Kier alpha value is -1.64. The highest BCUT2D eigenvalue weighted by molar-refractivity contribution is 5.49. The zero-order chi connectivity index (χ0) is 13.1. The van der Waals surface area contributed by atoms with E-state index in [2.05, 4.69) is 17.4 Å². The van der Waals surface area contributed by atoms with Crippen LogP contribution in [-0.4, -0.2) is 13.2 Å². The first-order valence-corrected chi connectivity index (χ1v) is 7.24. The molecule has 2 saturated carbocycles. The Morgan fingerprint density at radius 2 is 2.16 bits per heavy atom. The van der Waals surface area contributed by atoms with E-state index in [9.17, 15) is 0 Å². The second-order valence-corrected chi connectivity index (χ2v) is 5.62. The van der Waals surface area contributed by atoms with Gasteiger partial charge in [0.25, 0.3) is 0 Å². The van der Waals surface area contributed by atoms with Crippen molar-refractivity contribution >= 4 is 5.69 Å². The van der Waals surface area contributed by atoms with Crippen molar-refractivity contribution in [2.24, 2.45) is 11.7 Å². The summed E-state index contributed by atoms with van der Waals surface area (Å²) in [4.78, 5) is 0. The lowest BCUT2D eigenvalue weighted by molar-refractivity contribution is 0.300. The van der Waals surface area contributed by atoms with E-state index in [1.54, 1.807) is 0 Å². The van der Waals surface area contributed by atoms with Crippen LogP contribution >= 0.6 is 0 Å². The third-order valence-electron chi connectivity index (χ3n) is 3.91. The minimum atomic E-state index is 0.738. The van der Waals surface area contributed by atoms with Crippen LogP contribution in [0.15, 0.2) is 35.5 Å². The molecule has 0 saturated heterocycles. The van der Waals surface area contributed by atoms with Gasteiger partial charge in [0.2, 0.25) is 0 Å². The lowest BCUT2D eigenvalue weighted by Gasteiger charge is -2.20. The highest BCUT2D eigenvalue weighted by Crippen LogP contribution is 2.30. The molecule has 0 aromatic heterocycles. The van der Waals surface area contributed by atoms with Gasteiger partial charge in [0.1, 0.15) is 5.75 Å². The molecule has 3 N–H and O–H groups in total. The molecular formula is C16H22N2O. The minimum Gasteiger partial charge on any atom is -0.493 e. The minimum absolute atomic E-state index is 0.738. The second kappa shape index (κ2) is 5.55. The summed E-state index contributed by atoms with van der Waals surface area (Å²) in [5.41, 5.74) is 9.57. The van der Waals surface area contributed by atoms with E-state index in [-0.39, 0.29) is 0 Å². The first-order valence-electron chi connectivity index (χ1n) is 7.24. The maximum Gasteiger partial charge on any atom is 0.121 e. The zero-order valence-corrected chi connectivity index (χ0v) is 11.3. The number of nitrogens with two attached hydrogens (primary N) is 1. The van der Waals surface area contributed by atoms with Crippen LogP contribution in [-0.2, 0) is 0 Å². The van der Waals surface area contributed by atoms with Crippen molar-refractivity contribution < 1.29 is 4.74 Å². The largest absolute Gasteiger partial charge is 0.493 e. The summed E-state index contributed by atoms with van der Waals surface area (Å²) in [6.45, 7) is 1.59. The van der Waals surface area contributed by atoms with Gasteiger partial charge in [-0.2, -0.15) is 0 Å². The monoisotopic (exact) mass is 258 g/mol. The summed E-state index contributed by atoms with van der Waals surface area (Å²) >= 11 is 0. The first kappa shape index (κ1) is 12.4. The maximum atomic E-state index is 6.06. The summed E-state index contributed by atoms with van der Waals surface area (Å²) < 4.78 is 5.77. The summed E-state index contributed by atoms with van der Waals surface area (Å²) in [6.07, 6.45) is 6.29. The third-order valence-corrected chi connectivity index (χ3v) is 3.91. The molecule has 102 valence electrons. The van der Waals surface area contributed by atoms with E-state index in [4.69, 9.17) is 10.5 Å². The van der Waals surface area contributed by atoms with Crippen molar-refractivity contribution in [3.63, 3.8) is 0 Å². The molecule has 3 nitrogen and oxygen atoms in total. The molecule has 0 spiro atoms. The Balaban J connectivity index is 1.53. The highest BCUT2D eigenvalue weighted by Gasteiger charge is 2.21. The predicted octanol–water partition coefficient (Wildman–Crippen LogP) is 3.28. The predicted molar refractivity (Wildman–Crippen MR) is 78.2 cm³/mol. The summed E-state index contributed by atoms with van der Waals surface area (Å²) in [6, 6.07) is 8.16. The number of ether oxygens (including phenoxy) is 1. The molecule has 2 fully saturated rings. The first-order chi connectivity index (χ1) is 9.31. The van der Waals surface area contributed by atoms with Gasteiger partial charge >= 0.3 is 0 Å². The Morgan fingerprint density at radius 1 is 1.32 bits per heavy atom. The topological polar surface area (TPSA) is 47.3 Å². The van der Waals surface area contributed by atoms with Crippen LogP contribution in [0.3, 0.4) is 0 Å². The summed E-state index contributed by atoms with van der Waals surface area (Å²) in [7, 11) is 0. The van der Waals surface area contributed by atoms with Crippen molar-refractivity contribution in [3.05, 3.63) is 35.5 Å². The fraction of sp³-hybridized carbons (Fsp3) is 0.500. The van der Waals surface area contributed by atoms with Gasteiger partial charge in [0.05, 0.1) is 13.2 Å². The van der Waals surface area contributed by atoms with Gasteiger partial charge in [-0.1, -0.05) is 6.07 Å². The number of nitrogens with one attached hydrogen (secondary N) is 1.